The maximum atomic E-state index is 13.5. The van der Waals surface area contributed by atoms with Gasteiger partial charge in [0.25, 0.3) is 0 Å². The fourth-order valence-corrected chi connectivity index (χ4v) is 2.64. The van der Waals surface area contributed by atoms with Crippen molar-refractivity contribution in [3.63, 3.8) is 0 Å². The van der Waals surface area contributed by atoms with Crippen molar-refractivity contribution in [2.24, 2.45) is 0 Å². The molecule has 2 heteroatoms. The summed E-state index contributed by atoms with van der Waals surface area (Å²) in [6.07, 6.45) is 1.05. The first kappa shape index (κ1) is 12.9. The van der Waals surface area contributed by atoms with Crippen molar-refractivity contribution >= 4 is 10.9 Å². The summed E-state index contributed by atoms with van der Waals surface area (Å²) in [5, 5.41) is 1.09. The van der Waals surface area contributed by atoms with Gasteiger partial charge in [0.2, 0.25) is 0 Å². The number of hydrogen-bond acceptors (Lipinski definition) is 0. The molecular weight excluding hydrogens is 249 g/mol. The number of aryl methyl sites for hydroxylation is 2. The van der Waals surface area contributed by atoms with E-state index in [2.05, 4.69) is 48.7 Å². The molecular formula is C18H18FN. The monoisotopic (exact) mass is 267 g/mol. The molecule has 1 aromatic heterocycles. The summed E-state index contributed by atoms with van der Waals surface area (Å²) in [6.45, 7) is 5.00. The minimum absolute atomic E-state index is 0.182. The second-order valence-corrected chi connectivity index (χ2v) is 5.25. The number of benzene rings is 2. The fraction of sp³-hybridized carbons (Fsp3) is 0.222. The summed E-state index contributed by atoms with van der Waals surface area (Å²) in [5.74, 6) is -0.182. The van der Waals surface area contributed by atoms with Gasteiger partial charge in [-0.15, -0.1) is 0 Å². The average Bonchev–Trinajstić information content (AvgIpc) is 2.76. The second kappa shape index (κ2) is 5.12. The standard InChI is InChI=1S/C18H18FN/c1-3-14-4-6-15(7-5-14)12-20-13(2)10-16-8-9-17(19)11-18(16)20/h4-11H,3,12H2,1-2H3. The summed E-state index contributed by atoms with van der Waals surface area (Å²) >= 11 is 0. The predicted molar refractivity (Wildman–Crippen MR) is 81.6 cm³/mol. The lowest BCUT2D eigenvalue weighted by Gasteiger charge is -2.09. The third kappa shape index (κ3) is 2.34. The normalized spacial score (nSPS) is 11.2. The minimum Gasteiger partial charge on any atom is -0.340 e. The Kier molecular flexibility index (Phi) is 3.31. The molecule has 0 aliphatic heterocycles. The quantitative estimate of drug-likeness (QED) is 0.648. The molecule has 2 aromatic carbocycles. The molecule has 0 radical (unpaired) electrons. The van der Waals surface area contributed by atoms with Gasteiger partial charge in [0, 0.05) is 17.6 Å². The predicted octanol–water partition coefficient (Wildman–Crippen LogP) is 4.70. The van der Waals surface area contributed by atoms with Gasteiger partial charge in [-0.2, -0.15) is 0 Å². The van der Waals surface area contributed by atoms with Crippen LogP contribution >= 0.6 is 0 Å². The van der Waals surface area contributed by atoms with Crippen LogP contribution in [0.15, 0.2) is 48.5 Å². The molecule has 0 spiro atoms. The van der Waals surface area contributed by atoms with Crippen molar-refractivity contribution in [2.45, 2.75) is 26.8 Å². The van der Waals surface area contributed by atoms with E-state index in [9.17, 15) is 4.39 Å². The van der Waals surface area contributed by atoms with Crippen LogP contribution in [0.4, 0.5) is 4.39 Å². The van der Waals surface area contributed by atoms with E-state index in [4.69, 9.17) is 0 Å². The Morgan fingerprint density at radius 2 is 1.65 bits per heavy atom. The van der Waals surface area contributed by atoms with Crippen LogP contribution in [0, 0.1) is 12.7 Å². The van der Waals surface area contributed by atoms with E-state index in [1.807, 2.05) is 6.07 Å². The highest BCUT2D eigenvalue weighted by Crippen LogP contribution is 2.22. The van der Waals surface area contributed by atoms with Gasteiger partial charge in [-0.05, 0) is 48.7 Å². The van der Waals surface area contributed by atoms with Crippen molar-refractivity contribution < 1.29 is 4.39 Å². The smallest absolute Gasteiger partial charge is 0.125 e. The van der Waals surface area contributed by atoms with Crippen LogP contribution < -0.4 is 0 Å². The molecule has 0 aliphatic carbocycles. The summed E-state index contributed by atoms with van der Waals surface area (Å²) in [6, 6.07) is 15.7. The fourth-order valence-electron chi connectivity index (χ4n) is 2.64. The van der Waals surface area contributed by atoms with Crippen LogP contribution in [0.1, 0.15) is 23.7 Å². The molecule has 0 N–H and O–H groups in total. The van der Waals surface area contributed by atoms with Crippen LogP contribution in [-0.4, -0.2) is 4.57 Å². The van der Waals surface area contributed by atoms with Gasteiger partial charge in [0.05, 0.1) is 5.52 Å². The zero-order chi connectivity index (χ0) is 14.1. The Morgan fingerprint density at radius 1 is 0.950 bits per heavy atom. The van der Waals surface area contributed by atoms with E-state index < -0.39 is 0 Å². The summed E-state index contributed by atoms with van der Waals surface area (Å²) < 4.78 is 15.6. The lowest BCUT2D eigenvalue weighted by atomic mass is 10.1. The van der Waals surface area contributed by atoms with E-state index in [-0.39, 0.29) is 5.82 Å². The molecule has 0 fully saturated rings. The van der Waals surface area contributed by atoms with Crippen LogP contribution in [0.2, 0.25) is 0 Å². The first-order valence-corrected chi connectivity index (χ1v) is 7.00. The molecule has 20 heavy (non-hydrogen) atoms. The zero-order valence-electron chi connectivity index (χ0n) is 11.9. The number of rotatable bonds is 3. The van der Waals surface area contributed by atoms with Gasteiger partial charge < -0.3 is 4.57 Å². The van der Waals surface area contributed by atoms with Crippen molar-refractivity contribution in [1.82, 2.24) is 4.57 Å². The highest BCUT2D eigenvalue weighted by Gasteiger charge is 2.07. The first-order chi connectivity index (χ1) is 9.67. The molecule has 0 aliphatic rings. The molecule has 3 rings (SSSR count). The second-order valence-electron chi connectivity index (χ2n) is 5.25. The van der Waals surface area contributed by atoms with Crippen LogP contribution in [-0.2, 0) is 13.0 Å². The SMILES string of the molecule is CCc1ccc(Cn2c(C)cc3ccc(F)cc32)cc1. The molecule has 0 saturated carbocycles. The first-order valence-electron chi connectivity index (χ1n) is 7.00. The largest absolute Gasteiger partial charge is 0.340 e. The summed E-state index contributed by atoms with van der Waals surface area (Å²) in [7, 11) is 0. The number of fused-ring (bicyclic) bond motifs is 1. The summed E-state index contributed by atoms with van der Waals surface area (Å²) in [5.41, 5.74) is 4.70. The van der Waals surface area contributed by atoms with Gasteiger partial charge in [0.15, 0.2) is 0 Å². The Labute approximate surface area is 118 Å². The Balaban J connectivity index is 2.00. The number of hydrogen-bond donors (Lipinski definition) is 0. The van der Waals surface area contributed by atoms with Gasteiger partial charge >= 0.3 is 0 Å². The molecule has 3 aromatic rings. The van der Waals surface area contributed by atoms with E-state index in [0.717, 1.165) is 29.6 Å². The molecule has 1 nitrogen and oxygen atoms in total. The third-order valence-corrected chi connectivity index (χ3v) is 3.85. The van der Waals surface area contributed by atoms with Gasteiger partial charge in [-0.3, -0.25) is 0 Å². The van der Waals surface area contributed by atoms with Gasteiger partial charge in [-0.1, -0.05) is 31.2 Å². The highest BCUT2D eigenvalue weighted by atomic mass is 19.1. The van der Waals surface area contributed by atoms with Crippen molar-refractivity contribution in [3.8, 4) is 0 Å². The van der Waals surface area contributed by atoms with E-state index in [0.29, 0.717) is 0 Å². The maximum absolute atomic E-state index is 13.5. The number of halogens is 1. The highest BCUT2D eigenvalue weighted by molar-refractivity contribution is 5.81. The molecule has 0 saturated heterocycles. The Bertz CT molecular complexity index is 738. The third-order valence-electron chi connectivity index (χ3n) is 3.85. The van der Waals surface area contributed by atoms with Crippen molar-refractivity contribution in [2.75, 3.05) is 0 Å². The van der Waals surface area contributed by atoms with E-state index in [1.165, 1.54) is 17.2 Å². The van der Waals surface area contributed by atoms with E-state index >= 15 is 0 Å². The molecule has 0 atom stereocenters. The van der Waals surface area contributed by atoms with E-state index in [1.54, 1.807) is 6.07 Å². The molecule has 1 heterocycles. The van der Waals surface area contributed by atoms with Crippen LogP contribution in [0.3, 0.4) is 0 Å². The van der Waals surface area contributed by atoms with Gasteiger partial charge in [-0.25, -0.2) is 4.39 Å². The summed E-state index contributed by atoms with van der Waals surface area (Å²) in [4.78, 5) is 0. The molecule has 0 amide bonds. The number of aromatic nitrogens is 1. The Morgan fingerprint density at radius 3 is 2.35 bits per heavy atom. The maximum Gasteiger partial charge on any atom is 0.125 e. The minimum atomic E-state index is -0.182. The lowest BCUT2D eigenvalue weighted by molar-refractivity contribution is 0.628. The number of nitrogens with zero attached hydrogens (tertiary/aromatic N) is 1. The molecule has 102 valence electrons. The van der Waals surface area contributed by atoms with Crippen molar-refractivity contribution in [1.29, 1.82) is 0 Å². The van der Waals surface area contributed by atoms with Gasteiger partial charge in [0.1, 0.15) is 5.82 Å². The molecule has 0 bridgehead atoms. The molecule has 0 unspecified atom stereocenters. The average molecular weight is 267 g/mol. The zero-order valence-corrected chi connectivity index (χ0v) is 11.9. The van der Waals surface area contributed by atoms with Crippen LogP contribution in [0.25, 0.3) is 10.9 Å². The van der Waals surface area contributed by atoms with Crippen molar-refractivity contribution in [3.05, 3.63) is 71.2 Å². The lowest BCUT2D eigenvalue weighted by Crippen LogP contribution is -2.01. The van der Waals surface area contributed by atoms with Crippen LogP contribution in [0.5, 0.6) is 0 Å². The Hall–Kier alpha value is -2.09. The topological polar surface area (TPSA) is 4.93 Å².